The monoisotopic (exact) mass is 294 g/mol. The molecule has 2 rings (SSSR count). The Hall–Kier alpha value is -1.40. The normalized spacial score (nSPS) is 16.3. The van der Waals surface area contributed by atoms with Crippen LogP contribution in [0.2, 0.25) is 0 Å². The summed E-state index contributed by atoms with van der Waals surface area (Å²) in [6.07, 6.45) is 6.72. The van der Waals surface area contributed by atoms with Gasteiger partial charge in [-0.2, -0.15) is 0 Å². The third-order valence-corrected chi connectivity index (χ3v) is 4.11. The fraction of sp³-hybridized carbons (Fsp3) is 0.733. The minimum absolute atomic E-state index is 0.207. The van der Waals surface area contributed by atoms with Gasteiger partial charge in [-0.15, -0.1) is 0 Å². The van der Waals surface area contributed by atoms with E-state index >= 15 is 0 Å². The van der Waals surface area contributed by atoms with Crippen LogP contribution in [0.25, 0.3) is 0 Å². The van der Waals surface area contributed by atoms with Crippen molar-refractivity contribution in [3.05, 3.63) is 32.6 Å². The van der Waals surface area contributed by atoms with Gasteiger partial charge in [0.2, 0.25) is 0 Å². The number of piperidine rings is 1. The lowest BCUT2D eigenvalue weighted by Gasteiger charge is -2.26. The Morgan fingerprint density at radius 3 is 2.57 bits per heavy atom. The molecule has 1 aromatic rings. The second-order valence-corrected chi connectivity index (χ2v) is 5.84. The topological polar surface area (TPSA) is 59.3 Å². The number of nitrogens with one attached hydrogen (secondary N) is 1. The van der Waals surface area contributed by atoms with E-state index in [-0.39, 0.29) is 11.2 Å². The van der Waals surface area contributed by atoms with Crippen LogP contribution in [0, 0.1) is 0 Å². The lowest BCUT2D eigenvalue weighted by Crippen LogP contribution is -2.39. The summed E-state index contributed by atoms with van der Waals surface area (Å²) in [5, 5.41) is 3.30. The molecule has 118 valence electrons. The second-order valence-electron chi connectivity index (χ2n) is 5.84. The van der Waals surface area contributed by atoms with E-state index in [1.165, 1.54) is 44.0 Å². The first-order valence-corrected chi connectivity index (χ1v) is 7.78. The molecule has 0 spiro atoms. The number of rotatable bonds is 6. The summed E-state index contributed by atoms with van der Waals surface area (Å²) in [6, 6.07) is 0. The van der Waals surface area contributed by atoms with Gasteiger partial charge in [-0.05, 0) is 45.4 Å². The second kappa shape index (κ2) is 7.56. The zero-order valence-corrected chi connectivity index (χ0v) is 13.1. The van der Waals surface area contributed by atoms with Crippen LogP contribution in [0.15, 0.2) is 15.8 Å². The maximum atomic E-state index is 12.0. The van der Waals surface area contributed by atoms with Crippen LogP contribution in [0.5, 0.6) is 0 Å². The number of hydrogen-bond donors (Lipinski definition) is 1. The Labute approximate surface area is 125 Å². The lowest BCUT2D eigenvalue weighted by atomic mass is 10.1. The van der Waals surface area contributed by atoms with Crippen molar-refractivity contribution in [2.75, 3.05) is 26.2 Å². The van der Waals surface area contributed by atoms with E-state index in [1.807, 2.05) is 0 Å². The third kappa shape index (κ3) is 4.28. The van der Waals surface area contributed by atoms with Gasteiger partial charge in [0, 0.05) is 32.4 Å². The van der Waals surface area contributed by atoms with Crippen molar-refractivity contribution in [3.63, 3.8) is 0 Å². The zero-order chi connectivity index (χ0) is 15.2. The van der Waals surface area contributed by atoms with Gasteiger partial charge in [-0.3, -0.25) is 9.36 Å². The predicted octanol–water partition coefficient (Wildman–Crippen LogP) is 0.0496. The number of nitrogens with zero attached hydrogens (tertiary/aromatic N) is 3. The number of likely N-dealkylation sites (tertiary alicyclic amines) is 1. The van der Waals surface area contributed by atoms with E-state index in [0.29, 0.717) is 12.1 Å². The highest BCUT2D eigenvalue weighted by atomic mass is 16.2. The summed E-state index contributed by atoms with van der Waals surface area (Å²) in [6.45, 7) is 4.98. The number of hydrogen-bond acceptors (Lipinski definition) is 4. The average Bonchev–Trinajstić information content (AvgIpc) is 2.50. The molecule has 1 aliphatic rings. The molecule has 0 bridgehead atoms. The molecule has 0 aromatic carbocycles. The molecule has 1 aliphatic heterocycles. The van der Waals surface area contributed by atoms with Crippen LogP contribution in [0.4, 0.5) is 0 Å². The van der Waals surface area contributed by atoms with Crippen molar-refractivity contribution in [3.8, 4) is 0 Å². The molecule has 21 heavy (non-hydrogen) atoms. The van der Waals surface area contributed by atoms with E-state index in [0.717, 1.165) is 24.1 Å². The van der Waals surface area contributed by atoms with Crippen molar-refractivity contribution >= 4 is 0 Å². The van der Waals surface area contributed by atoms with E-state index in [1.54, 1.807) is 13.2 Å². The van der Waals surface area contributed by atoms with Crippen molar-refractivity contribution in [1.82, 2.24) is 19.4 Å². The van der Waals surface area contributed by atoms with Crippen LogP contribution in [0.1, 0.15) is 31.2 Å². The van der Waals surface area contributed by atoms with Gasteiger partial charge >= 0.3 is 5.69 Å². The van der Waals surface area contributed by atoms with Crippen LogP contribution in [-0.4, -0.2) is 40.2 Å². The van der Waals surface area contributed by atoms with Gasteiger partial charge in [0.15, 0.2) is 0 Å². The largest absolute Gasteiger partial charge is 0.330 e. The molecular formula is C15H26N4O2. The molecule has 0 atom stereocenters. The lowest BCUT2D eigenvalue weighted by molar-refractivity contribution is 0.225. The molecule has 2 heterocycles. The summed E-state index contributed by atoms with van der Waals surface area (Å²) < 4.78 is 2.61. The maximum Gasteiger partial charge on any atom is 0.330 e. The Balaban J connectivity index is 1.76. The number of aromatic nitrogens is 2. The summed E-state index contributed by atoms with van der Waals surface area (Å²) in [5.41, 5.74) is 0.146. The molecule has 1 N–H and O–H groups in total. The molecule has 0 amide bonds. The fourth-order valence-electron chi connectivity index (χ4n) is 2.84. The molecule has 0 radical (unpaired) electrons. The van der Waals surface area contributed by atoms with Crippen molar-refractivity contribution in [2.24, 2.45) is 14.1 Å². The Morgan fingerprint density at radius 2 is 1.86 bits per heavy atom. The summed E-state index contributed by atoms with van der Waals surface area (Å²) >= 11 is 0. The average molecular weight is 294 g/mol. The zero-order valence-electron chi connectivity index (χ0n) is 13.1. The quantitative estimate of drug-likeness (QED) is 0.753. The van der Waals surface area contributed by atoms with Crippen molar-refractivity contribution in [2.45, 2.75) is 32.2 Å². The maximum absolute atomic E-state index is 12.0. The van der Waals surface area contributed by atoms with Gasteiger partial charge in [0.05, 0.1) is 0 Å². The van der Waals surface area contributed by atoms with Crippen LogP contribution in [0.3, 0.4) is 0 Å². The molecule has 1 aromatic heterocycles. The summed E-state index contributed by atoms with van der Waals surface area (Å²) in [7, 11) is 3.19. The van der Waals surface area contributed by atoms with E-state index in [2.05, 4.69) is 10.2 Å². The van der Waals surface area contributed by atoms with Gasteiger partial charge in [0.25, 0.3) is 5.56 Å². The molecule has 0 aliphatic carbocycles. The molecular weight excluding hydrogens is 268 g/mol. The standard InChI is InChI=1S/C15H26N4O2/c1-17-12-13(14(20)18(2)15(17)21)11-16-7-6-10-19-8-4-3-5-9-19/h12,16H,3-11H2,1-2H3. The molecule has 0 unspecified atom stereocenters. The first-order chi connectivity index (χ1) is 10.1. The highest BCUT2D eigenvalue weighted by Gasteiger charge is 2.09. The van der Waals surface area contributed by atoms with E-state index in [9.17, 15) is 9.59 Å². The first-order valence-electron chi connectivity index (χ1n) is 7.78. The molecule has 6 nitrogen and oxygen atoms in total. The van der Waals surface area contributed by atoms with Gasteiger partial charge in [0.1, 0.15) is 0 Å². The Morgan fingerprint density at radius 1 is 1.14 bits per heavy atom. The summed E-state index contributed by atoms with van der Waals surface area (Å²) in [5.74, 6) is 0. The van der Waals surface area contributed by atoms with Crippen LogP contribution in [-0.2, 0) is 20.6 Å². The molecule has 1 saturated heterocycles. The third-order valence-electron chi connectivity index (χ3n) is 4.11. The van der Waals surface area contributed by atoms with Crippen LogP contribution < -0.4 is 16.6 Å². The van der Waals surface area contributed by atoms with Gasteiger partial charge < -0.3 is 14.8 Å². The SMILES string of the molecule is Cn1cc(CNCCCN2CCCCC2)c(=O)n(C)c1=O. The molecule has 0 saturated carbocycles. The highest BCUT2D eigenvalue weighted by molar-refractivity contribution is 5.05. The van der Waals surface area contributed by atoms with Crippen LogP contribution >= 0.6 is 0 Å². The Kier molecular flexibility index (Phi) is 5.76. The first kappa shape index (κ1) is 16.0. The fourth-order valence-corrected chi connectivity index (χ4v) is 2.84. The molecule has 6 heteroatoms. The summed E-state index contributed by atoms with van der Waals surface area (Å²) in [4.78, 5) is 26.1. The Bertz CT molecular complexity index is 570. The molecule has 1 fully saturated rings. The minimum Gasteiger partial charge on any atom is -0.312 e. The van der Waals surface area contributed by atoms with E-state index < -0.39 is 0 Å². The number of aryl methyl sites for hydroxylation is 1. The van der Waals surface area contributed by atoms with Crippen molar-refractivity contribution in [1.29, 1.82) is 0 Å². The van der Waals surface area contributed by atoms with E-state index in [4.69, 9.17) is 0 Å². The highest BCUT2D eigenvalue weighted by Crippen LogP contribution is 2.08. The van der Waals surface area contributed by atoms with Crippen molar-refractivity contribution < 1.29 is 0 Å². The van der Waals surface area contributed by atoms with Gasteiger partial charge in [-0.1, -0.05) is 6.42 Å². The minimum atomic E-state index is -0.283. The predicted molar refractivity (Wildman–Crippen MR) is 83.5 cm³/mol. The van der Waals surface area contributed by atoms with Gasteiger partial charge in [-0.25, -0.2) is 4.79 Å². The smallest absolute Gasteiger partial charge is 0.312 e.